The quantitative estimate of drug-likeness (QED) is 0.656. The van der Waals surface area contributed by atoms with Crippen LogP contribution in [0.2, 0.25) is 0 Å². The van der Waals surface area contributed by atoms with Gasteiger partial charge in [0.1, 0.15) is 11.6 Å². The van der Waals surface area contributed by atoms with Gasteiger partial charge in [-0.2, -0.15) is 0 Å². The van der Waals surface area contributed by atoms with Crippen LogP contribution in [0.3, 0.4) is 0 Å². The van der Waals surface area contributed by atoms with Gasteiger partial charge in [-0.3, -0.25) is 11.3 Å². The second-order valence-corrected chi connectivity index (χ2v) is 5.51. The van der Waals surface area contributed by atoms with E-state index >= 15 is 0 Å². The molecule has 2 aromatic rings. The summed E-state index contributed by atoms with van der Waals surface area (Å²) in [6.07, 6.45) is 2.04. The zero-order chi connectivity index (χ0) is 14.9. The number of hydrazine groups is 1. The van der Waals surface area contributed by atoms with E-state index < -0.39 is 0 Å². The number of nitrogens with two attached hydrogens (primary N) is 1. The zero-order valence-electron chi connectivity index (χ0n) is 12.0. The molecule has 0 saturated heterocycles. The van der Waals surface area contributed by atoms with Crippen LogP contribution in [0.25, 0.3) is 0 Å². The van der Waals surface area contributed by atoms with E-state index in [0.717, 1.165) is 18.4 Å². The van der Waals surface area contributed by atoms with Gasteiger partial charge in [-0.05, 0) is 36.6 Å². The molecule has 21 heavy (non-hydrogen) atoms. The molecule has 4 heteroatoms. The van der Waals surface area contributed by atoms with E-state index in [9.17, 15) is 4.39 Å². The highest BCUT2D eigenvalue weighted by atomic mass is 19.1. The zero-order valence-corrected chi connectivity index (χ0v) is 12.0. The van der Waals surface area contributed by atoms with E-state index in [0.29, 0.717) is 5.75 Å². The second kappa shape index (κ2) is 5.47. The van der Waals surface area contributed by atoms with Crippen LogP contribution < -0.4 is 16.0 Å². The van der Waals surface area contributed by atoms with Gasteiger partial charge in [-0.15, -0.1) is 0 Å². The minimum atomic E-state index is -0.282. The first kappa shape index (κ1) is 14.0. The van der Waals surface area contributed by atoms with Crippen LogP contribution in [-0.4, -0.2) is 7.11 Å². The SMILES string of the molecule is COc1ccc(F)cc1C(NN)C1(c2ccccc2)CC1. The molecule has 1 atom stereocenters. The van der Waals surface area contributed by atoms with Crippen molar-refractivity contribution < 1.29 is 9.13 Å². The summed E-state index contributed by atoms with van der Waals surface area (Å²) in [7, 11) is 1.59. The number of hydrogen-bond donors (Lipinski definition) is 2. The lowest BCUT2D eigenvalue weighted by atomic mass is 9.84. The molecule has 3 rings (SSSR count). The van der Waals surface area contributed by atoms with Crippen molar-refractivity contribution in [2.45, 2.75) is 24.3 Å². The third-order valence-electron chi connectivity index (χ3n) is 4.36. The molecule has 1 fully saturated rings. The van der Waals surface area contributed by atoms with Crippen molar-refractivity contribution in [3.05, 3.63) is 65.5 Å². The molecule has 0 aromatic heterocycles. The molecule has 3 nitrogen and oxygen atoms in total. The Hall–Kier alpha value is -1.91. The first-order valence-corrected chi connectivity index (χ1v) is 7.06. The van der Waals surface area contributed by atoms with Crippen molar-refractivity contribution in [2.24, 2.45) is 5.84 Å². The Morgan fingerprint density at radius 1 is 1.19 bits per heavy atom. The Balaban J connectivity index is 2.05. The Morgan fingerprint density at radius 2 is 1.90 bits per heavy atom. The van der Waals surface area contributed by atoms with E-state index in [1.54, 1.807) is 13.2 Å². The molecular formula is C17H19FN2O. The van der Waals surface area contributed by atoms with Crippen molar-refractivity contribution >= 4 is 0 Å². The molecule has 0 heterocycles. The van der Waals surface area contributed by atoms with Crippen molar-refractivity contribution in [3.8, 4) is 5.75 Å². The fourth-order valence-electron chi connectivity index (χ4n) is 3.13. The molecule has 2 aromatic carbocycles. The highest BCUT2D eigenvalue weighted by Crippen LogP contribution is 2.57. The maximum Gasteiger partial charge on any atom is 0.123 e. The van der Waals surface area contributed by atoms with Crippen LogP contribution in [0.5, 0.6) is 5.75 Å². The van der Waals surface area contributed by atoms with Crippen molar-refractivity contribution in [1.82, 2.24) is 5.43 Å². The van der Waals surface area contributed by atoms with Gasteiger partial charge >= 0.3 is 0 Å². The predicted molar refractivity (Wildman–Crippen MR) is 80.4 cm³/mol. The molecule has 3 N–H and O–H groups in total. The standard InChI is InChI=1S/C17H19FN2O/c1-21-15-8-7-13(18)11-14(15)16(20-19)17(9-10-17)12-5-3-2-4-6-12/h2-8,11,16,20H,9-10,19H2,1H3. The summed E-state index contributed by atoms with van der Waals surface area (Å²) < 4.78 is 19.0. The van der Waals surface area contributed by atoms with Crippen molar-refractivity contribution in [2.75, 3.05) is 7.11 Å². The van der Waals surface area contributed by atoms with E-state index in [4.69, 9.17) is 10.6 Å². The molecule has 1 unspecified atom stereocenters. The summed E-state index contributed by atoms with van der Waals surface area (Å²) in [5.41, 5.74) is 4.78. The van der Waals surface area contributed by atoms with Crippen LogP contribution in [0.4, 0.5) is 4.39 Å². The average molecular weight is 286 g/mol. The van der Waals surface area contributed by atoms with Gasteiger partial charge in [0, 0.05) is 11.0 Å². The number of benzene rings is 2. The number of ether oxygens (including phenoxy) is 1. The lowest BCUT2D eigenvalue weighted by Gasteiger charge is -2.28. The third kappa shape index (κ3) is 2.41. The molecule has 0 aliphatic heterocycles. The first-order valence-electron chi connectivity index (χ1n) is 7.06. The molecule has 110 valence electrons. The van der Waals surface area contributed by atoms with Crippen LogP contribution in [-0.2, 0) is 5.41 Å². The molecule has 0 bridgehead atoms. The first-order chi connectivity index (χ1) is 10.2. The topological polar surface area (TPSA) is 47.3 Å². The minimum absolute atomic E-state index is 0.0862. The Labute approximate surface area is 123 Å². The number of methoxy groups -OCH3 is 1. The van der Waals surface area contributed by atoms with E-state index in [2.05, 4.69) is 17.6 Å². The normalized spacial score (nSPS) is 17.3. The molecule has 0 spiro atoms. The van der Waals surface area contributed by atoms with Crippen molar-refractivity contribution in [1.29, 1.82) is 0 Å². The maximum absolute atomic E-state index is 13.7. The lowest BCUT2D eigenvalue weighted by Crippen LogP contribution is -2.37. The van der Waals surface area contributed by atoms with E-state index in [1.165, 1.54) is 17.7 Å². The molecule has 0 amide bonds. The van der Waals surface area contributed by atoms with Crippen LogP contribution in [0.15, 0.2) is 48.5 Å². The van der Waals surface area contributed by atoms with Crippen LogP contribution in [0.1, 0.15) is 30.0 Å². The average Bonchev–Trinajstić information content (AvgIpc) is 3.31. The van der Waals surface area contributed by atoms with E-state index in [-0.39, 0.29) is 17.3 Å². The van der Waals surface area contributed by atoms with Gasteiger partial charge in [-0.1, -0.05) is 30.3 Å². The summed E-state index contributed by atoms with van der Waals surface area (Å²) in [4.78, 5) is 0. The molecule has 0 radical (unpaired) electrons. The monoisotopic (exact) mass is 286 g/mol. The summed E-state index contributed by atoms with van der Waals surface area (Å²) >= 11 is 0. The van der Waals surface area contributed by atoms with Gasteiger partial charge < -0.3 is 4.74 Å². The van der Waals surface area contributed by atoms with Crippen LogP contribution in [0, 0.1) is 5.82 Å². The Bertz CT molecular complexity index is 626. The molecule has 1 aliphatic carbocycles. The summed E-state index contributed by atoms with van der Waals surface area (Å²) in [6.45, 7) is 0. The lowest BCUT2D eigenvalue weighted by molar-refractivity contribution is 0.378. The minimum Gasteiger partial charge on any atom is -0.496 e. The molecular weight excluding hydrogens is 267 g/mol. The maximum atomic E-state index is 13.7. The fraction of sp³-hybridized carbons (Fsp3) is 0.294. The van der Waals surface area contributed by atoms with E-state index in [1.807, 2.05) is 18.2 Å². The van der Waals surface area contributed by atoms with Crippen LogP contribution >= 0.6 is 0 Å². The Kier molecular flexibility index (Phi) is 3.66. The number of hydrogen-bond acceptors (Lipinski definition) is 3. The molecule has 1 saturated carbocycles. The highest BCUT2D eigenvalue weighted by molar-refractivity contribution is 5.44. The Morgan fingerprint density at radius 3 is 2.48 bits per heavy atom. The van der Waals surface area contributed by atoms with Gasteiger partial charge in [-0.25, -0.2) is 4.39 Å². The smallest absolute Gasteiger partial charge is 0.123 e. The number of halogens is 1. The second-order valence-electron chi connectivity index (χ2n) is 5.51. The summed E-state index contributed by atoms with van der Waals surface area (Å²) in [6, 6.07) is 14.6. The summed E-state index contributed by atoms with van der Waals surface area (Å²) in [5, 5.41) is 0. The van der Waals surface area contributed by atoms with Gasteiger partial charge in [0.2, 0.25) is 0 Å². The largest absolute Gasteiger partial charge is 0.496 e. The fourth-order valence-corrected chi connectivity index (χ4v) is 3.13. The van der Waals surface area contributed by atoms with Crippen molar-refractivity contribution in [3.63, 3.8) is 0 Å². The molecule has 1 aliphatic rings. The predicted octanol–water partition coefficient (Wildman–Crippen LogP) is 3.07. The third-order valence-corrected chi connectivity index (χ3v) is 4.36. The van der Waals surface area contributed by atoms with Gasteiger partial charge in [0.05, 0.1) is 13.2 Å². The van der Waals surface area contributed by atoms with Gasteiger partial charge in [0.25, 0.3) is 0 Å². The highest BCUT2D eigenvalue weighted by Gasteiger charge is 2.51. The number of rotatable bonds is 5. The summed E-state index contributed by atoms with van der Waals surface area (Å²) in [5.74, 6) is 6.19. The van der Waals surface area contributed by atoms with Gasteiger partial charge in [0.15, 0.2) is 0 Å². The number of nitrogens with one attached hydrogen (secondary N) is 1.